The van der Waals surface area contributed by atoms with E-state index in [1.807, 2.05) is 0 Å². The van der Waals surface area contributed by atoms with Gasteiger partial charge in [-0.15, -0.1) is 0 Å². The molecule has 0 aliphatic carbocycles. The van der Waals surface area contributed by atoms with Crippen LogP contribution in [-0.2, 0) is 0 Å². The van der Waals surface area contributed by atoms with E-state index < -0.39 is 0 Å². The summed E-state index contributed by atoms with van der Waals surface area (Å²) >= 11 is 0. The first-order valence-electron chi connectivity index (χ1n) is 10.7. The number of rotatable bonds is 7. The molecule has 0 bridgehead atoms. The minimum atomic E-state index is 0.276. The Morgan fingerprint density at radius 3 is 1.04 bits per heavy atom. The van der Waals surface area contributed by atoms with Crippen LogP contribution in [0.15, 0.2) is 0 Å². The van der Waals surface area contributed by atoms with Crippen LogP contribution in [0.4, 0.5) is 0 Å². The summed E-state index contributed by atoms with van der Waals surface area (Å²) in [6.07, 6.45) is 9.54. The largest absolute Gasteiger partial charge is 0.312 e. The first kappa shape index (κ1) is 27.2. The van der Waals surface area contributed by atoms with Crippen molar-refractivity contribution in [2.24, 2.45) is 16.2 Å². The molecule has 0 aromatic carbocycles. The van der Waals surface area contributed by atoms with Gasteiger partial charge in [-0.1, -0.05) is 81.6 Å². The van der Waals surface area contributed by atoms with Gasteiger partial charge in [-0.05, 0) is 69.2 Å². The summed E-state index contributed by atoms with van der Waals surface area (Å²) in [6, 6.07) is 0. The number of unbranched alkanes of at least 4 members (excludes halogenated alkanes) is 2. The van der Waals surface area contributed by atoms with Gasteiger partial charge in [0.1, 0.15) is 0 Å². The molecule has 0 heterocycles. The van der Waals surface area contributed by atoms with Crippen LogP contribution in [0.1, 0.15) is 128 Å². The van der Waals surface area contributed by atoms with Gasteiger partial charge in [-0.3, -0.25) is 0 Å². The van der Waals surface area contributed by atoms with Crippen molar-refractivity contribution in [1.82, 2.24) is 5.32 Å². The van der Waals surface area contributed by atoms with Crippen molar-refractivity contribution < 1.29 is 0 Å². The minimum absolute atomic E-state index is 0.276. The summed E-state index contributed by atoms with van der Waals surface area (Å²) < 4.78 is 0. The summed E-state index contributed by atoms with van der Waals surface area (Å²) in [5.74, 6) is 0. The molecule has 25 heavy (non-hydrogen) atoms. The quantitative estimate of drug-likeness (QED) is 0.453. The van der Waals surface area contributed by atoms with Crippen LogP contribution < -0.4 is 5.32 Å². The van der Waals surface area contributed by atoms with Crippen LogP contribution in [0.25, 0.3) is 0 Å². The lowest BCUT2D eigenvalue weighted by Crippen LogP contribution is -2.36. The van der Waals surface area contributed by atoms with E-state index in [4.69, 9.17) is 0 Å². The molecule has 0 aromatic heterocycles. The second-order valence-corrected chi connectivity index (χ2v) is 12.5. The van der Waals surface area contributed by atoms with Gasteiger partial charge in [-0.25, -0.2) is 0 Å². The van der Waals surface area contributed by atoms with Crippen molar-refractivity contribution >= 4 is 0 Å². The lowest BCUT2D eigenvalue weighted by Gasteiger charge is -2.23. The van der Waals surface area contributed by atoms with Crippen LogP contribution in [0, 0.1) is 16.2 Å². The smallest absolute Gasteiger partial charge is 0.00965 e. The maximum Gasteiger partial charge on any atom is 0.00965 e. The molecule has 0 fully saturated rings. The second-order valence-electron chi connectivity index (χ2n) is 12.5. The van der Waals surface area contributed by atoms with E-state index in [9.17, 15) is 0 Å². The Hall–Kier alpha value is -0.0400. The molecule has 154 valence electrons. The topological polar surface area (TPSA) is 12.0 Å². The van der Waals surface area contributed by atoms with Crippen molar-refractivity contribution in [3.8, 4) is 0 Å². The first-order chi connectivity index (χ1) is 10.9. The van der Waals surface area contributed by atoms with E-state index in [0.717, 1.165) is 6.54 Å². The third kappa shape index (κ3) is 32.1. The molecule has 0 spiro atoms. The Morgan fingerprint density at radius 2 is 0.760 bits per heavy atom. The zero-order chi connectivity index (χ0) is 20.4. The van der Waals surface area contributed by atoms with Gasteiger partial charge in [-0.2, -0.15) is 0 Å². The van der Waals surface area contributed by atoms with Crippen molar-refractivity contribution in [3.63, 3.8) is 0 Å². The monoisotopic (exact) mass is 355 g/mol. The van der Waals surface area contributed by atoms with Crippen molar-refractivity contribution in [1.29, 1.82) is 0 Å². The van der Waals surface area contributed by atoms with Gasteiger partial charge in [0.05, 0.1) is 0 Å². The lowest BCUT2D eigenvalue weighted by molar-refractivity contribution is 0.330. The third-order valence-corrected chi connectivity index (χ3v) is 4.11. The highest BCUT2D eigenvalue weighted by atomic mass is 14.9. The lowest BCUT2D eigenvalue weighted by atomic mass is 9.86. The highest BCUT2D eigenvalue weighted by Gasteiger charge is 2.12. The average Bonchev–Trinajstić information content (AvgIpc) is 2.30. The normalized spacial score (nSPS) is 13.4. The molecule has 1 N–H and O–H groups in total. The molecule has 0 amide bonds. The van der Waals surface area contributed by atoms with E-state index in [-0.39, 0.29) is 5.54 Å². The van der Waals surface area contributed by atoms with E-state index in [1.165, 1.54) is 44.9 Å². The Labute approximate surface area is 162 Å². The minimum Gasteiger partial charge on any atom is -0.312 e. The fourth-order valence-electron chi connectivity index (χ4n) is 2.57. The fraction of sp³-hybridized carbons (Fsp3) is 1.00. The summed E-state index contributed by atoms with van der Waals surface area (Å²) in [5.41, 5.74) is 1.82. The maximum absolute atomic E-state index is 3.49. The van der Waals surface area contributed by atoms with Crippen LogP contribution in [0.5, 0.6) is 0 Å². The van der Waals surface area contributed by atoms with Crippen LogP contribution >= 0.6 is 0 Å². The van der Waals surface area contributed by atoms with Gasteiger partial charge in [0.25, 0.3) is 0 Å². The van der Waals surface area contributed by atoms with Crippen LogP contribution in [0.2, 0.25) is 0 Å². The summed E-state index contributed by atoms with van der Waals surface area (Å²) in [7, 11) is 0. The molecule has 0 rings (SSSR count). The van der Waals surface area contributed by atoms with Crippen LogP contribution in [0.3, 0.4) is 0 Å². The van der Waals surface area contributed by atoms with Crippen LogP contribution in [-0.4, -0.2) is 12.1 Å². The van der Waals surface area contributed by atoms with E-state index >= 15 is 0 Å². The molecule has 0 aliphatic rings. The van der Waals surface area contributed by atoms with E-state index in [1.54, 1.807) is 0 Å². The second kappa shape index (κ2) is 11.6. The standard InChI is InChI=1S/C13H28.C11H25N/c1-12(2,3)10-8-7-9-11-13(4,5)6;1-10(2,3)8-7-9-12-11(4,5)6/h7-11H2,1-6H3;12H,7-9H2,1-6H3. The van der Waals surface area contributed by atoms with Gasteiger partial charge in [0.2, 0.25) is 0 Å². The number of nitrogens with one attached hydrogen (secondary N) is 1. The zero-order valence-corrected chi connectivity index (χ0v) is 20.2. The Morgan fingerprint density at radius 1 is 0.440 bits per heavy atom. The molecule has 0 saturated carbocycles. The number of hydrogen-bond donors (Lipinski definition) is 1. The number of hydrogen-bond acceptors (Lipinski definition) is 1. The van der Waals surface area contributed by atoms with Crippen molar-refractivity contribution in [2.45, 2.75) is 134 Å². The van der Waals surface area contributed by atoms with E-state index in [2.05, 4.69) is 88.4 Å². The SMILES string of the molecule is CC(C)(C)CCCCCC(C)(C)C.CC(C)(C)CCCNC(C)(C)C. The molecule has 1 nitrogen and oxygen atoms in total. The summed E-state index contributed by atoms with van der Waals surface area (Å²) in [5, 5.41) is 3.49. The molecule has 0 aliphatic heterocycles. The average molecular weight is 356 g/mol. The molecule has 0 atom stereocenters. The molecule has 0 unspecified atom stereocenters. The van der Waals surface area contributed by atoms with Gasteiger partial charge in [0, 0.05) is 5.54 Å². The summed E-state index contributed by atoms with van der Waals surface area (Å²) in [6.45, 7) is 28.6. The Balaban J connectivity index is 0. The fourth-order valence-corrected chi connectivity index (χ4v) is 2.57. The van der Waals surface area contributed by atoms with E-state index in [0.29, 0.717) is 16.2 Å². The van der Waals surface area contributed by atoms with Gasteiger partial charge in [0.15, 0.2) is 0 Å². The predicted octanol–water partition coefficient (Wildman–Crippen LogP) is 8.23. The van der Waals surface area contributed by atoms with Crippen molar-refractivity contribution in [2.75, 3.05) is 6.54 Å². The maximum atomic E-state index is 3.49. The van der Waals surface area contributed by atoms with Crippen molar-refractivity contribution in [3.05, 3.63) is 0 Å². The zero-order valence-electron chi connectivity index (χ0n) is 20.2. The Bertz CT molecular complexity index is 269. The molecular formula is C24H53N. The molecule has 0 saturated heterocycles. The van der Waals surface area contributed by atoms with Gasteiger partial charge >= 0.3 is 0 Å². The Kier molecular flexibility index (Phi) is 12.6. The molecular weight excluding hydrogens is 302 g/mol. The first-order valence-corrected chi connectivity index (χ1v) is 10.7. The highest BCUT2D eigenvalue weighted by molar-refractivity contribution is 4.71. The predicted molar refractivity (Wildman–Crippen MR) is 118 cm³/mol. The third-order valence-electron chi connectivity index (χ3n) is 4.11. The highest BCUT2D eigenvalue weighted by Crippen LogP contribution is 2.25. The molecule has 0 aromatic rings. The van der Waals surface area contributed by atoms with Gasteiger partial charge < -0.3 is 5.32 Å². The molecule has 0 radical (unpaired) electrons. The summed E-state index contributed by atoms with van der Waals surface area (Å²) in [4.78, 5) is 0. The molecule has 1 heteroatoms.